The van der Waals surface area contributed by atoms with E-state index in [1.165, 1.54) is 0 Å². The van der Waals surface area contributed by atoms with Crippen molar-refractivity contribution in [3.8, 4) is 11.4 Å². The summed E-state index contributed by atoms with van der Waals surface area (Å²) in [6.07, 6.45) is 0.917. The van der Waals surface area contributed by atoms with Crippen molar-refractivity contribution in [2.75, 3.05) is 18.9 Å². The van der Waals surface area contributed by atoms with E-state index < -0.39 is 0 Å². The normalized spacial score (nSPS) is 23.4. The number of tetrazole rings is 1. The molecule has 1 aliphatic heterocycles. The van der Waals surface area contributed by atoms with Crippen LogP contribution in [0.5, 0.6) is 0 Å². The molecule has 0 radical (unpaired) electrons. The van der Waals surface area contributed by atoms with E-state index in [-0.39, 0.29) is 5.54 Å². The molecular formula is C12H15N5O. The summed E-state index contributed by atoms with van der Waals surface area (Å²) in [5, 5.41) is 12.0. The van der Waals surface area contributed by atoms with Crippen LogP contribution >= 0.6 is 0 Å². The zero-order valence-electron chi connectivity index (χ0n) is 10.2. The van der Waals surface area contributed by atoms with Crippen molar-refractivity contribution in [3.05, 3.63) is 24.3 Å². The quantitative estimate of drug-likeness (QED) is 0.800. The van der Waals surface area contributed by atoms with Crippen molar-refractivity contribution in [2.24, 2.45) is 0 Å². The van der Waals surface area contributed by atoms with E-state index in [2.05, 4.69) is 22.4 Å². The molecule has 2 N–H and O–H groups in total. The number of hydrogen-bond donors (Lipinski definition) is 1. The maximum atomic E-state index is 5.69. The molecule has 6 nitrogen and oxygen atoms in total. The fraction of sp³-hybridized carbons (Fsp3) is 0.417. The van der Waals surface area contributed by atoms with Crippen LogP contribution in [-0.4, -0.2) is 33.4 Å². The first-order chi connectivity index (χ1) is 8.69. The standard InChI is InChI=1S/C12H15N5O/c1-12(6-7-18-8-12)17-11(14-15-16-17)9-2-4-10(13)5-3-9/h2-5H,6-8,13H2,1H3. The molecule has 1 atom stereocenters. The molecule has 1 aromatic carbocycles. The second-order valence-electron chi connectivity index (χ2n) is 4.84. The molecule has 0 aliphatic carbocycles. The first-order valence-electron chi connectivity index (χ1n) is 5.92. The molecule has 1 aromatic heterocycles. The average Bonchev–Trinajstić information content (AvgIpc) is 2.99. The predicted molar refractivity (Wildman–Crippen MR) is 66.7 cm³/mol. The number of anilines is 1. The van der Waals surface area contributed by atoms with Crippen LogP contribution in [0.4, 0.5) is 5.69 Å². The summed E-state index contributed by atoms with van der Waals surface area (Å²) < 4.78 is 7.31. The van der Waals surface area contributed by atoms with E-state index in [1.807, 2.05) is 28.9 Å². The molecule has 3 rings (SSSR count). The zero-order valence-corrected chi connectivity index (χ0v) is 10.2. The van der Waals surface area contributed by atoms with Gasteiger partial charge in [0.25, 0.3) is 0 Å². The fourth-order valence-electron chi connectivity index (χ4n) is 2.19. The Hall–Kier alpha value is -1.95. The molecule has 0 amide bonds. The number of nitrogen functional groups attached to an aromatic ring is 1. The molecule has 2 aromatic rings. The first-order valence-corrected chi connectivity index (χ1v) is 5.92. The summed E-state index contributed by atoms with van der Waals surface area (Å²) >= 11 is 0. The highest BCUT2D eigenvalue weighted by Gasteiger charge is 2.35. The summed E-state index contributed by atoms with van der Waals surface area (Å²) in [7, 11) is 0. The summed E-state index contributed by atoms with van der Waals surface area (Å²) in [4.78, 5) is 0. The largest absolute Gasteiger partial charge is 0.399 e. The van der Waals surface area contributed by atoms with Crippen LogP contribution in [0.15, 0.2) is 24.3 Å². The van der Waals surface area contributed by atoms with Crippen LogP contribution in [0, 0.1) is 0 Å². The van der Waals surface area contributed by atoms with Gasteiger partial charge in [0.1, 0.15) is 0 Å². The topological polar surface area (TPSA) is 78.9 Å². The van der Waals surface area contributed by atoms with Gasteiger partial charge >= 0.3 is 0 Å². The van der Waals surface area contributed by atoms with Gasteiger partial charge in [0.2, 0.25) is 0 Å². The van der Waals surface area contributed by atoms with Gasteiger partial charge in [-0.15, -0.1) is 5.10 Å². The Balaban J connectivity index is 2.03. The summed E-state index contributed by atoms with van der Waals surface area (Å²) in [5.41, 5.74) is 7.21. The number of nitrogens with two attached hydrogens (primary N) is 1. The lowest BCUT2D eigenvalue weighted by atomic mass is 10.0. The van der Waals surface area contributed by atoms with Gasteiger partial charge in [-0.2, -0.15) is 0 Å². The minimum atomic E-state index is -0.166. The maximum Gasteiger partial charge on any atom is 0.182 e. The Kier molecular flexibility index (Phi) is 2.52. The van der Waals surface area contributed by atoms with Gasteiger partial charge in [-0.05, 0) is 48.0 Å². The van der Waals surface area contributed by atoms with Crippen LogP contribution in [0.25, 0.3) is 11.4 Å². The monoisotopic (exact) mass is 245 g/mol. The Morgan fingerprint density at radius 3 is 2.78 bits per heavy atom. The van der Waals surface area contributed by atoms with Crippen LogP contribution < -0.4 is 5.73 Å². The molecule has 1 aliphatic rings. The van der Waals surface area contributed by atoms with Crippen molar-refractivity contribution in [1.29, 1.82) is 0 Å². The van der Waals surface area contributed by atoms with Crippen LogP contribution in [-0.2, 0) is 10.3 Å². The fourth-order valence-corrected chi connectivity index (χ4v) is 2.19. The minimum absolute atomic E-state index is 0.166. The lowest BCUT2D eigenvalue weighted by molar-refractivity contribution is 0.155. The molecule has 18 heavy (non-hydrogen) atoms. The van der Waals surface area contributed by atoms with Gasteiger partial charge in [-0.3, -0.25) is 0 Å². The van der Waals surface area contributed by atoms with Crippen LogP contribution in [0.3, 0.4) is 0 Å². The van der Waals surface area contributed by atoms with Crippen molar-refractivity contribution in [3.63, 3.8) is 0 Å². The Morgan fingerprint density at radius 2 is 2.11 bits per heavy atom. The number of hydrogen-bond acceptors (Lipinski definition) is 5. The van der Waals surface area contributed by atoms with E-state index in [0.29, 0.717) is 6.61 Å². The van der Waals surface area contributed by atoms with E-state index in [9.17, 15) is 0 Å². The lowest BCUT2D eigenvalue weighted by Crippen LogP contribution is -2.32. The smallest absolute Gasteiger partial charge is 0.182 e. The summed E-state index contributed by atoms with van der Waals surface area (Å²) in [6.45, 7) is 3.49. The summed E-state index contributed by atoms with van der Waals surface area (Å²) in [5.74, 6) is 0.753. The maximum absolute atomic E-state index is 5.69. The molecule has 94 valence electrons. The molecule has 6 heteroatoms. The van der Waals surface area contributed by atoms with Crippen LogP contribution in [0.2, 0.25) is 0 Å². The first kappa shape index (κ1) is 11.2. The van der Waals surface area contributed by atoms with Crippen molar-refractivity contribution < 1.29 is 4.74 Å². The van der Waals surface area contributed by atoms with Gasteiger partial charge in [0.05, 0.1) is 12.1 Å². The predicted octanol–water partition coefficient (Wildman–Crippen LogP) is 1.06. The minimum Gasteiger partial charge on any atom is -0.399 e. The van der Waals surface area contributed by atoms with Crippen LogP contribution in [0.1, 0.15) is 13.3 Å². The number of ether oxygens (including phenoxy) is 1. The van der Waals surface area contributed by atoms with Gasteiger partial charge in [-0.25, -0.2) is 4.68 Å². The number of benzene rings is 1. The van der Waals surface area contributed by atoms with Crippen molar-refractivity contribution in [2.45, 2.75) is 18.9 Å². The zero-order chi connectivity index (χ0) is 12.6. The molecule has 2 heterocycles. The number of nitrogens with zero attached hydrogens (tertiary/aromatic N) is 4. The molecule has 0 bridgehead atoms. The van der Waals surface area contributed by atoms with Gasteiger partial charge in [0, 0.05) is 17.9 Å². The molecule has 1 unspecified atom stereocenters. The Morgan fingerprint density at radius 1 is 1.33 bits per heavy atom. The highest BCUT2D eigenvalue weighted by molar-refractivity contribution is 5.58. The SMILES string of the molecule is CC1(n2nnnc2-c2ccc(N)cc2)CCOC1. The highest BCUT2D eigenvalue weighted by atomic mass is 16.5. The molecule has 0 saturated carbocycles. The van der Waals surface area contributed by atoms with E-state index in [4.69, 9.17) is 10.5 Å². The highest BCUT2D eigenvalue weighted by Crippen LogP contribution is 2.30. The van der Waals surface area contributed by atoms with Crippen molar-refractivity contribution in [1.82, 2.24) is 20.2 Å². The number of aromatic nitrogens is 4. The second-order valence-corrected chi connectivity index (χ2v) is 4.84. The second kappa shape index (κ2) is 4.06. The third-order valence-corrected chi connectivity index (χ3v) is 3.35. The van der Waals surface area contributed by atoms with Gasteiger partial charge in [0.15, 0.2) is 5.82 Å². The van der Waals surface area contributed by atoms with E-state index >= 15 is 0 Å². The molecule has 0 spiro atoms. The molecular weight excluding hydrogens is 230 g/mol. The third kappa shape index (κ3) is 1.74. The number of rotatable bonds is 2. The summed E-state index contributed by atoms with van der Waals surface area (Å²) in [6, 6.07) is 7.55. The Bertz CT molecular complexity index is 542. The van der Waals surface area contributed by atoms with Gasteiger partial charge < -0.3 is 10.5 Å². The lowest BCUT2D eigenvalue weighted by Gasteiger charge is -2.22. The van der Waals surface area contributed by atoms with Gasteiger partial charge in [-0.1, -0.05) is 0 Å². The van der Waals surface area contributed by atoms with Crippen molar-refractivity contribution >= 4 is 5.69 Å². The molecule has 1 saturated heterocycles. The third-order valence-electron chi connectivity index (χ3n) is 3.35. The average molecular weight is 245 g/mol. The van der Waals surface area contributed by atoms with E-state index in [1.54, 1.807) is 0 Å². The van der Waals surface area contributed by atoms with E-state index in [0.717, 1.165) is 30.1 Å². The Labute approximate surface area is 105 Å². The molecule has 1 fully saturated rings.